The van der Waals surface area contributed by atoms with Gasteiger partial charge in [0.25, 0.3) is 0 Å². The molecule has 1 unspecified atom stereocenters. The first-order valence-corrected chi connectivity index (χ1v) is 6.74. The van der Waals surface area contributed by atoms with E-state index in [-0.39, 0.29) is 18.2 Å². The van der Waals surface area contributed by atoms with Gasteiger partial charge in [0.1, 0.15) is 18.2 Å². The van der Waals surface area contributed by atoms with Crippen molar-refractivity contribution >= 4 is 0 Å². The largest absolute Gasteiger partial charge is 0.489 e. The summed E-state index contributed by atoms with van der Waals surface area (Å²) in [7, 11) is 0. The summed E-state index contributed by atoms with van der Waals surface area (Å²) in [6.45, 7) is 2.14. The first-order valence-electron chi connectivity index (χ1n) is 6.74. The predicted molar refractivity (Wildman–Crippen MR) is 79.2 cm³/mol. The van der Waals surface area contributed by atoms with Crippen molar-refractivity contribution in [2.75, 3.05) is 0 Å². The standard InChI is InChI=1S/C17H17FN2O/c1-12(20)6-15-4-2-3-5-17(15)21-11-14-7-13(10-19)8-16(18)9-14/h2-5,7-9,12H,6,11,20H2,1H3. The molecule has 2 N–H and O–H groups in total. The van der Waals surface area contributed by atoms with E-state index in [1.54, 1.807) is 6.07 Å². The van der Waals surface area contributed by atoms with E-state index >= 15 is 0 Å². The average Bonchev–Trinajstić information content (AvgIpc) is 2.45. The lowest BCUT2D eigenvalue weighted by atomic mass is 10.1. The van der Waals surface area contributed by atoms with Gasteiger partial charge in [-0.25, -0.2) is 4.39 Å². The molecule has 0 aliphatic rings. The van der Waals surface area contributed by atoms with Crippen LogP contribution in [0.4, 0.5) is 4.39 Å². The number of nitriles is 1. The molecule has 0 aromatic heterocycles. The minimum absolute atomic E-state index is 0.0362. The number of rotatable bonds is 5. The van der Waals surface area contributed by atoms with E-state index in [2.05, 4.69) is 0 Å². The molecule has 2 aromatic rings. The summed E-state index contributed by atoms with van der Waals surface area (Å²) in [4.78, 5) is 0. The Labute approximate surface area is 123 Å². The molecule has 0 fully saturated rings. The fraction of sp³-hybridized carbons (Fsp3) is 0.235. The zero-order valence-electron chi connectivity index (χ0n) is 11.8. The van der Waals surface area contributed by atoms with Gasteiger partial charge < -0.3 is 10.5 Å². The summed E-state index contributed by atoms with van der Waals surface area (Å²) in [6, 6.07) is 13.8. The van der Waals surface area contributed by atoms with Crippen LogP contribution in [0.3, 0.4) is 0 Å². The lowest BCUT2D eigenvalue weighted by Crippen LogP contribution is -2.18. The van der Waals surface area contributed by atoms with Gasteiger partial charge in [-0.3, -0.25) is 0 Å². The molecule has 3 nitrogen and oxygen atoms in total. The maximum atomic E-state index is 13.4. The SMILES string of the molecule is CC(N)Cc1ccccc1OCc1cc(F)cc(C#N)c1. The Morgan fingerprint density at radius 1 is 1.29 bits per heavy atom. The van der Waals surface area contributed by atoms with E-state index in [0.717, 1.165) is 11.3 Å². The van der Waals surface area contributed by atoms with Crippen LogP contribution in [0.25, 0.3) is 0 Å². The second-order valence-electron chi connectivity index (χ2n) is 5.04. The molecule has 0 spiro atoms. The molecule has 0 saturated heterocycles. The average molecular weight is 284 g/mol. The zero-order valence-corrected chi connectivity index (χ0v) is 11.8. The number of nitrogens with two attached hydrogens (primary N) is 1. The van der Waals surface area contributed by atoms with Gasteiger partial charge >= 0.3 is 0 Å². The van der Waals surface area contributed by atoms with Gasteiger partial charge in [-0.15, -0.1) is 0 Å². The highest BCUT2D eigenvalue weighted by atomic mass is 19.1. The third-order valence-corrected chi connectivity index (χ3v) is 3.00. The van der Waals surface area contributed by atoms with E-state index in [1.165, 1.54) is 12.1 Å². The topological polar surface area (TPSA) is 59.0 Å². The van der Waals surface area contributed by atoms with Crippen LogP contribution in [0.1, 0.15) is 23.6 Å². The molecule has 2 aromatic carbocycles. The van der Waals surface area contributed by atoms with Crippen LogP contribution < -0.4 is 10.5 Å². The third kappa shape index (κ3) is 4.30. The lowest BCUT2D eigenvalue weighted by molar-refractivity contribution is 0.301. The Balaban J connectivity index is 2.13. The molecule has 0 aliphatic heterocycles. The van der Waals surface area contributed by atoms with Crippen molar-refractivity contribution in [1.29, 1.82) is 5.26 Å². The highest BCUT2D eigenvalue weighted by molar-refractivity contribution is 5.36. The van der Waals surface area contributed by atoms with Crippen LogP contribution in [-0.2, 0) is 13.0 Å². The lowest BCUT2D eigenvalue weighted by Gasteiger charge is -2.13. The Kier molecular flexibility index (Phi) is 4.91. The summed E-state index contributed by atoms with van der Waals surface area (Å²) in [5, 5.41) is 8.84. The first-order chi connectivity index (χ1) is 10.1. The van der Waals surface area contributed by atoms with Crippen LogP contribution in [0.2, 0.25) is 0 Å². The van der Waals surface area contributed by atoms with E-state index in [1.807, 2.05) is 37.3 Å². The third-order valence-electron chi connectivity index (χ3n) is 3.00. The summed E-state index contributed by atoms with van der Waals surface area (Å²) in [5.41, 5.74) is 7.75. The zero-order chi connectivity index (χ0) is 15.2. The molecule has 108 valence electrons. The van der Waals surface area contributed by atoms with Crippen LogP contribution in [0.5, 0.6) is 5.75 Å². The van der Waals surface area contributed by atoms with E-state index in [0.29, 0.717) is 12.0 Å². The van der Waals surface area contributed by atoms with Crippen molar-refractivity contribution in [3.8, 4) is 11.8 Å². The van der Waals surface area contributed by atoms with Crippen molar-refractivity contribution in [2.45, 2.75) is 26.0 Å². The maximum Gasteiger partial charge on any atom is 0.124 e. The van der Waals surface area contributed by atoms with Crippen molar-refractivity contribution in [1.82, 2.24) is 0 Å². The highest BCUT2D eigenvalue weighted by Gasteiger charge is 2.07. The minimum Gasteiger partial charge on any atom is -0.489 e. The molecule has 2 rings (SSSR count). The van der Waals surface area contributed by atoms with Gasteiger partial charge in [0.05, 0.1) is 11.6 Å². The van der Waals surface area contributed by atoms with Crippen molar-refractivity contribution in [3.05, 3.63) is 65.0 Å². The van der Waals surface area contributed by atoms with Gasteiger partial charge in [0, 0.05) is 6.04 Å². The smallest absolute Gasteiger partial charge is 0.124 e. The maximum absolute atomic E-state index is 13.4. The highest BCUT2D eigenvalue weighted by Crippen LogP contribution is 2.21. The second kappa shape index (κ2) is 6.87. The number of para-hydroxylation sites is 1. The number of benzene rings is 2. The summed E-state index contributed by atoms with van der Waals surface area (Å²) < 4.78 is 19.1. The molecule has 21 heavy (non-hydrogen) atoms. The molecule has 4 heteroatoms. The number of hydrogen-bond donors (Lipinski definition) is 1. The summed E-state index contributed by atoms with van der Waals surface area (Å²) >= 11 is 0. The Morgan fingerprint density at radius 3 is 2.76 bits per heavy atom. The van der Waals surface area contributed by atoms with Gasteiger partial charge in [-0.05, 0) is 48.7 Å². The molecule has 0 heterocycles. The second-order valence-corrected chi connectivity index (χ2v) is 5.04. The summed E-state index contributed by atoms with van der Waals surface area (Å²) in [5.74, 6) is 0.300. The number of ether oxygens (including phenoxy) is 1. The monoisotopic (exact) mass is 284 g/mol. The Morgan fingerprint density at radius 2 is 2.05 bits per heavy atom. The van der Waals surface area contributed by atoms with Crippen molar-refractivity contribution in [2.24, 2.45) is 5.73 Å². The normalized spacial score (nSPS) is 11.7. The van der Waals surface area contributed by atoms with Crippen LogP contribution in [0.15, 0.2) is 42.5 Å². The van der Waals surface area contributed by atoms with E-state index in [9.17, 15) is 4.39 Å². The van der Waals surface area contributed by atoms with Crippen LogP contribution in [-0.4, -0.2) is 6.04 Å². The fourth-order valence-electron chi connectivity index (χ4n) is 2.12. The molecular weight excluding hydrogens is 267 g/mol. The van der Waals surface area contributed by atoms with Gasteiger partial charge in [0.15, 0.2) is 0 Å². The minimum atomic E-state index is -0.434. The van der Waals surface area contributed by atoms with Gasteiger partial charge in [0.2, 0.25) is 0 Å². The van der Waals surface area contributed by atoms with E-state index < -0.39 is 5.82 Å². The quantitative estimate of drug-likeness (QED) is 0.917. The van der Waals surface area contributed by atoms with Gasteiger partial charge in [-0.2, -0.15) is 5.26 Å². The fourth-order valence-corrected chi connectivity index (χ4v) is 2.12. The molecule has 0 aliphatic carbocycles. The number of halogens is 1. The predicted octanol–water partition coefficient (Wildman–Crippen LogP) is 3.17. The van der Waals surface area contributed by atoms with E-state index in [4.69, 9.17) is 15.7 Å². The van der Waals surface area contributed by atoms with Crippen molar-refractivity contribution < 1.29 is 9.13 Å². The number of hydrogen-bond acceptors (Lipinski definition) is 3. The van der Waals surface area contributed by atoms with Gasteiger partial charge in [-0.1, -0.05) is 18.2 Å². The van der Waals surface area contributed by atoms with Crippen molar-refractivity contribution in [3.63, 3.8) is 0 Å². The number of nitrogens with zero attached hydrogens (tertiary/aromatic N) is 1. The molecular formula is C17H17FN2O. The summed E-state index contributed by atoms with van der Waals surface area (Å²) in [6.07, 6.45) is 0.711. The first kappa shape index (κ1) is 15.0. The molecule has 0 bridgehead atoms. The molecule has 0 saturated carbocycles. The van der Waals surface area contributed by atoms with Crippen LogP contribution >= 0.6 is 0 Å². The molecule has 0 amide bonds. The van der Waals surface area contributed by atoms with Crippen LogP contribution in [0, 0.1) is 17.1 Å². The molecule has 1 atom stereocenters. The molecule has 0 radical (unpaired) electrons. The Bertz CT molecular complexity index is 662. The Hall–Kier alpha value is -2.38.